The average molecular weight is 242 g/mol. The standard InChI is InChI=1S/C12H15FO2S/c1-12(2,3)16-7-9-6-8(11(14)15)4-5-10(9)13/h4-6H,7H2,1-3H3,(H,14,15). The van der Waals surface area contributed by atoms with E-state index in [0.717, 1.165) is 0 Å². The Bertz CT molecular complexity index is 396. The fourth-order valence-electron chi connectivity index (χ4n) is 1.11. The van der Waals surface area contributed by atoms with Gasteiger partial charge in [0.15, 0.2) is 0 Å². The van der Waals surface area contributed by atoms with Gasteiger partial charge in [-0.25, -0.2) is 9.18 Å². The van der Waals surface area contributed by atoms with E-state index < -0.39 is 5.97 Å². The minimum atomic E-state index is -1.03. The summed E-state index contributed by atoms with van der Waals surface area (Å²) in [6, 6.07) is 3.89. The first-order valence-electron chi connectivity index (χ1n) is 4.95. The molecule has 0 amide bonds. The van der Waals surface area contributed by atoms with Crippen LogP contribution in [0.4, 0.5) is 4.39 Å². The van der Waals surface area contributed by atoms with Gasteiger partial charge in [-0.3, -0.25) is 0 Å². The molecule has 0 heterocycles. The molecule has 1 rings (SSSR count). The number of thioether (sulfide) groups is 1. The number of hydrogen-bond donors (Lipinski definition) is 1. The minimum Gasteiger partial charge on any atom is -0.478 e. The van der Waals surface area contributed by atoms with Gasteiger partial charge in [-0.1, -0.05) is 20.8 Å². The molecule has 0 radical (unpaired) electrons. The first kappa shape index (κ1) is 13.0. The van der Waals surface area contributed by atoms with Gasteiger partial charge in [-0.2, -0.15) is 11.8 Å². The third-order valence-electron chi connectivity index (χ3n) is 1.95. The van der Waals surface area contributed by atoms with E-state index in [-0.39, 0.29) is 16.1 Å². The van der Waals surface area contributed by atoms with Gasteiger partial charge in [0.05, 0.1) is 5.56 Å². The molecular formula is C12H15FO2S. The molecule has 88 valence electrons. The molecule has 1 aromatic carbocycles. The predicted molar refractivity (Wildman–Crippen MR) is 64.4 cm³/mol. The summed E-state index contributed by atoms with van der Waals surface area (Å²) in [5.41, 5.74) is 0.575. The smallest absolute Gasteiger partial charge is 0.335 e. The van der Waals surface area contributed by atoms with Crippen molar-refractivity contribution in [3.63, 3.8) is 0 Å². The maximum Gasteiger partial charge on any atom is 0.335 e. The van der Waals surface area contributed by atoms with Crippen molar-refractivity contribution in [1.82, 2.24) is 0 Å². The van der Waals surface area contributed by atoms with E-state index >= 15 is 0 Å². The van der Waals surface area contributed by atoms with Crippen LogP contribution in [0.1, 0.15) is 36.7 Å². The zero-order chi connectivity index (χ0) is 12.3. The largest absolute Gasteiger partial charge is 0.478 e. The summed E-state index contributed by atoms with van der Waals surface area (Å²) in [7, 11) is 0. The number of aromatic carboxylic acids is 1. The van der Waals surface area contributed by atoms with E-state index in [9.17, 15) is 9.18 Å². The van der Waals surface area contributed by atoms with E-state index in [2.05, 4.69) is 0 Å². The molecule has 4 heteroatoms. The Hall–Kier alpha value is -1.03. The van der Waals surface area contributed by atoms with Crippen LogP contribution in [0.15, 0.2) is 18.2 Å². The second-order valence-electron chi connectivity index (χ2n) is 4.51. The molecule has 0 aromatic heterocycles. The number of carboxylic acids is 1. The van der Waals surface area contributed by atoms with Crippen LogP contribution < -0.4 is 0 Å². The van der Waals surface area contributed by atoms with E-state index in [1.165, 1.54) is 18.2 Å². The SMILES string of the molecule is CC(C)(C)SCc1cc(C(=O)O)ccc1F. The molecule has 16 heavy (non-hydrogen) atoms. The number of benzene rings is 1. The lowest BCUT2D eigenvalue weighted by Gasteiger charge is -2.17. The number of hydrogen-bond acceptors (Lipinski definition) is 2. The van der Waals surface area contributed by atoms with Gasteiger partial charge in [0.2, 0.25) is 0 Å². The lowest BCUT2D eigenvalue weighted by molar-refractivity contribution is 0.0696. The number of rotatable bonds is 3. The van der Waals surface area contributed by atoms with Crippen LogP contribution in [-0.4, -0.2) is 15.8 Å². The van der Waals surface area contributed by atoms with Crippen molar-refractivity contribution in [2.24, 2.45) is 0 Å². The highest BCUT2D eigenvalue weighted by atomic mass is 32.2. The number of carboxylic acid groups (broad SMARTS) is 1. The molecule has 0 aliphatic heterocycles. The number of carbonyl (C=O) groups is 1. The minimum absolute atomic E-state index is 0.0334. The Morgan fingerprint density at radius 1 is 1.44 bits per heavy atom. The van der Waals surface area contributed by atoms with Crippen molar-refractivity contribution in [2.75, 3.05) is 0 Å². The lowest BCUT2D eigenvalue weighted by Crippen LogP contribution is -2.08. The topological polar surface area (TPSA) is 37.3 Å². The number of halogens is 1. The van der Waals surface area contributed by atoms with E-state index in [0.29, 0.717) is 11.3 Å². The summed E-state index contributed by atoms with van der Waals surface area (Å²) < 4.78 is 13.4. The van der Waals surface area contributed by atoms with Crippen LogP contribution in [0.3, 0.4) is 0 Å². The molecule has 0 aliphatic carbocycles. The van der Waals surface area contributed by atoms with Gasteiger partial charge >= 0.3 is 5.97 Å². The molecule has 0 saturated carbocycles. The summed E-state index contributed by atoms with van der Waals surface area (Å²) >= 11 is 1.59. The first-order valence-corrected chi connectivity index (χ1v) is 5.94. The average Bonchev–Trinajstić information content (AvgIpc) is 2.14. The van der Waals surface area contributed by atoms with Crippen molar-refractivity contribution < 1.29 is 14.3 Å². The Morgan fingerprint density at radius 2 is 2.06 bits per heavy atom. The van der Waals surface area contributed by atoms with Crippen LogP contribution >= 0.6 is 11.8 Å². The van der Waals surface area contributed by atoms with Crippen LogP contribution in [-0.2, 0) is 5.75 Å². The third kappa shape index (κ3) is 3.85. The molecule has 1 aromatic rings. The molecule has 0 unspecified atom stereocenters. The summed E-state index contributed by atoms with van der Waals surface area (Å²) in [4.78, 5) is 10.7. The van der Waals surface area contributed by atoms with Crippen LogP contribution in [0.25, 0.3) is 0 Å². The first-order chi connectivity index (χ1) is 7.29. The Labute approximate surface area is 98.9 Å². The molecule has 2 nitrogen and oxygen atoms in total. The van der Waals surface area contributed by atoms with Gasteiger partial charge in [-0.05, 0) is 23.8 Å². The van der Waals surface area contributed by atoms with Crippen molar-refractivity contribution >= 4 is 17.7 Å². The van der Waals surface area contributed by atoms with E-state index in [4.69, 9.17) is 5.11 Å². The van der Waals surface area contributed by atoms with Gasteiger partial charge < -0.3 is 5.11 Å². The van der Waals surface area contributed by atoms with Crippen molar-refractivity contribution in [3.05, 3.63) is 35.1 Å². The maximum absolute atomic E-state index is 13.4. The Kier molecular flexibility index (Phi) is 3.97. The lowest BCUT2D eigenvalue weighted by atomic mass is 10.1. The predicted octanol–water partition coefficient (Wildman–Crippen LogP) is 3.56. The van der Waals surface area contributed by atoms with E-state index in [1.54, 1.807) is 11.8 Å². The second kappa shape index (κ2) is 4.87. The molecule has 0 bridgehead atoms. The third-order valence-corrected chi connectivity index (χ3v) is 3.27. The van der Waals surface area contributed by atoms with Crippen LogP contribution in [0, 0.1) is 5.82 Å². The van der Waals surface area contributed by atoms with Crippen LogP contribution in [0.2, 0.25) is 0 Å². The summed E-state index contributed by atoms with van der Waals surface area (Å²) in [5, 5.41) is 8.80. The molecular weight excluding hydrogens is 227 g/mol. The Balaban J connectivity index is 2.86. The normalized spacial score (nSPS) is 11.5. The van der Waals surface area contributed by atoms with Crippen molar-refractivity contribution in [1.29, 1.82) is 0 Å². The fraction of sp³-hybridized carbons (Fsp3) is 0.417. The van der Waals surface area contributed by atoms with Gasteiger partial charge in [0.25, 0.3) is 0 Å². The Morgan fingerprint density at radius 3 is 2.56 bits per heavy atom. The highest BCUT2D eigenvalue weighted by Gasteiger charge is 2.14. The molecule has 0 saturated heterocycles. The summed E-state index contributed by atoms with van der Waals surface area (Å²) in [6.45, 7) is 6.11. The second-order valence-corrected chi connectivity index (χ2v) is 6.31. The summed E-state index contributed by atoms with van der Waals surface area (Å²) in [5.74, 6) is -0.889. The van der Waals surface area contributed by atoms with E-state index in [1.807, 2.05) is 20.8 Å². The fourth-order valence-corrected chi connectivity index (χ4v) is 1.92. The zero-order valence-corrected chi connectivity index (χ0v) is 10.4. The van der Waals surface area contributed by atoms with Gasteiger partial charge in [0.1, 0.15) is 5.82 Å². The monoisotopic (exact) mass is 242 g/mol. The molecule has 0 spiro atoms. The molecule has 1 N–H and O–H groups in total. The van der Waals surface area contributed by atoms with Crippen molar-refractivity contribution in [3.8, 4) is 0 Å². The quantitative estimate of drug-likeness (QED) is 0.880. The van der Waals surface area contributed by atoms with Crippen LogP contribution in [0.5, 0.6) is 0 Å². The highest BCUT2D eigenvalue weighted by molar-refractivity contribution is 7.99. The molecule has 0 aliphatic rings. The maximum atomic E-state index is 13.4. The van der Waals surface area contributed by atoms with Gasteiger partial charge in [0, 0.05) is 10.5 Å². The van der Waals surface area contributed by atoms with Gasteiger partial charge in [-0.15, -0.1) is 0 Å². The molecule has 0 atom stereocenters. The molecule has 0 fully saturated rings. The highest BCUT2D eigenvalue weighted by Crippen LogP contribution is 2.28. The van der Waals surface area contributed by atoms with Crippen molar-refractivity contribution in [2.45, 2.75) is 31.3 Å². The summed E-state index contributed by atoms with van der Waals surface area (Å²) in [6.07, 6.45) is 0. The zero-order valence-electron chi connectivity index (χ0n) is 9.58.